The zero-order chi connectivity index (χ0) is 16.5. The third-order valence-corrected chi connectivity index (χ3v) is 5.17. The number of hydrogen-bond donors (Lipinski definition) is 3. The smallest absolute Gasteiger partial charge is 0.251 e. The highest BCUT2D eigenvalue weighted by atomic mass is 32.2. The second kappa shape index (κ2) is 6.36. The SMILES string of the molecule is CC[C@@H](NC(=O)c1cc(S(N)(=O)=O)ccc1C)C1CC(O)C1. The van der Waals surface area contributed by atoms with E-state index >= 15 is 0 Å². The van der Waals surface area contributed by atoms with Crippen LogP contribution in [-0.4, -0.2) is 31.6 Å². The molecule has 0 spiro atoms. The van der Waals surface area contributed by atoms with Gasteiger partial charge in [0.15, 0.2) is 0 Å². The van der Waals surface area contributed by atoms with Crippen molar-refractivity contribution in [3.8, 4) is 0 Å². The van der Waals surface area contributed by atoms with Crippen LogP contribution in [0.1, 0.15) is 42.1 Å². The molecule has 1 fully saturated rings. The van der Waals surface area contributed by atoms with Crippen molar-refractivity contribution in [1.82, 2.24) is 5.32 Å². The number of aliphatic hydroxyl groups excluding tert-OH is 1. The first kappa shape index (κ1) is 16.9. The van der Waals surface area contributed by atoms with E-state index in [0.29, 0.717) is 24.0 Å². The van der Waals surface area contributed by atoms with E-state index in [1.54, 1.807) is 13.0 Å². The minimum atomic E-state index is -3.84. The van der Waals surface area contributed by atoms with Crippen molar-refractivity contribution in [3.05, 3.63) is 29.3 Å². The Labute approximate surface area is 130 Å². The fourth-order valence-electron chi connectivity index (χ4n) is 2.78. The zero-order valence-corrected chi connectivity index (χ0v) is 13.6. The van der Waals surface area contributed by atoms with Crippen molar-refractivity contribution in [1.29, 1.82) is 0 Å². The molecular weight excluding hydrogens is 304 g/mol. The van der Waals surface area contributed by atoms with Crippen molar-refractivity contribution in [2.75, 3.05) is 0 Å². The van der Waals surface area contributed by atoms with Gasteiger partial charge >= 0.3 is 0 Å². The maximum atomic E-state index is 12.4. The second-order valence-corrected chi connectivity index (χ2v) is 7.46. The number of benzene rings is 1. The Morgan fingerprint density at radius 3 is 2.59 bits per heavy atom. The molecular formula is C15H22N2O4S. The molecule has 4 N–H and O–H groups in total. The van der Waals surface area contributed by atoms with E-state index in [4.69, 9.17) is 5.14 Å². The molecule has 1 aromatic rings. The number of primary sulfonamides is 1. The summed E-state index contributed by atoms with van der Waals surface area (Å²) in [6.07, 6.45) is 1.87. The molecule has 122 valence electrons. The van der Waals surface area contributed by atoms with Crippen molar-refractivity contribution in [2.24, 2.45) is 11.1 Å². The van der Waals surface area contributed by atoms with Crippen molar-refractivity contribution in [3.63, 3.8) is 0 Å². The number of hydrogen-bond acceptors (Lipinski definition) is 4. The summed E-state index contributed by atoms with van der Waals surface area (Å²) in [5.41, 5.74) is 0.998. The van der Waals surface area contributed by atoms with E-state index in [-0.39, 0.29) is 28.9 Å². The summed E-state index contributed by atoms with van der Waals surface area (Å²) in [5, 5.41) is 17.4. The van der Waals surface area contributed by atoms with Gasteiger partial charge in [-0.3, -0.25) is 4.79 Å². The molecule has 2 rings (SSSR count). The second-order valence-electron chi connectivity index (χ2n) is 5.90. The molecule has 1 aromatic carbocycles. The first-order chi connectivity index (χ1) is 10.2. The molecule has 1 aliphatic carbocycles. The standard InChI is InChI=1S/C15H22N2O4S/c1-3-14(10-6-11(18)7-10)17-15(19)13-8-12(22(16,20)21)5-4-9(13)2/h4-5,8,10-11,14,18H,3,6-7H2,1-2H3,(H,17,19)(H2,16,20,21)/t10?,11?,14-/m1/s1. The Balaban J connectivity index is 2.18. The van der Waals surface area contributed by atoms with Crippen molar-refractivity contribution < 1.29 is 18.3 Å². The lowest BCUT2D eigenvalue weighted by Gasteiger charge is -2.37. The predicted octanol–water partition coefficient (Wildman–Crippen LogP) is 0.922. The molecule has 1 amide bonds. The van der Waals surface area contributed by atoms with E-state index in [9.17, 15) is 18.3 Å². The Morgan fingerprint density at radius 2 is 2.09 bits per heavy atom. The lowest BCUT2D eigenvalue weighted by atomic mass is 9.76. The maximum absolute atomic E-state index is 12.4. The van der Waals surface area contributed by atoms with Crippen molar-refractivity contribution >= 4 is 15.9 Å². The van der Waals surface area contributed by atoms with Gasteiger partial charge in [-0.1, -0.05) is 13.0 Å². The molecule has 0 saturated heterocycles. The van der Waals surface area contributed by atoms with Gasteiger partial charge in [-0.25, -0.2) is 13.6 Å². The number of amides is 1. The molecule has 6 nitrogen and oxygen atoms in total. The number of aliphatic hydroxyl groups is 1. The lowest BCUT2D eigenvalue weighted by molar-refractivity contribution is 0.0232. The molecule has 22 heavy (non-hydrogen) atoms. The summed E-state index contributed by atoms with van der Waals surface area (Å²) in [5.74, 6) is -0.0399. The van der Waals surface area contributed by atoms with Crippen molar-refractivity contribution in [2.45, 2.75) is 50.2 Å². The van der Waals surface area contributed by atoms with E-state index in [1.165, 1.54) is 12.1 Å². The van der Waals surface area contributed by atoms with Crippen LogP contribution in [0.3, 0.4) is 0 Å². The molecule has 0 aromatic heterocycles. The summed E-state index contributed by atoms with van der Waals surface area (Å²) in [6.45, 7) is 3.72. The number of nitrogens with two attached hydrogens (primary N) is 1. The normalized spacial score (nSPS) is 22.7. The first-order valence-corrected chi connectivity index (χ1v) is 8.89. The molecule has 1 aliphatic rings. The van der Waals surface area contributed by atoms with Crippen LogP contribution in [-0.2, 0) is 10.0 Å². The average molecular weight is 326 g/mol. The first-order valence-electron chi connectivity index (χ1n) is 7.34. The molecule has 0 unspecified atom stereocenters. The Kier molecular flexibility index (Phi) is 4.89. The highest BCUT2D eigenvalue weighted by molar-refractivity contribution is 7.89. The third kappa shape index (κ3) is 3.66. The van der Waals surface area contributed by atoms with Gasteiger partial charge in [0, 0.05) is 11.6 Å². The van der Waals surface area contributed by atoms with E-state index in [2.05, 4.69) is 5.32 Å². The van der Waals surface area contributed by atoms with Gasteiger partial charge in [-0.05, 0) is 49.8 Å². The van der Waals surface area contributed by atoms with Gasteiger partial charge in [0.05, 0.1) is 11.0 Å². The summed E-state index contributed by atoms with van der Waals surface area (Å²) in [4.78, 5) is 12.4. The molecule has 7 heteroatoms. The Bertz CT molecular complexity index is 666. The summed E-state index contributed by atoms with van der Waals surface area (Å²) < 4.78 is 22.8. The fraction of sp³-hybridized carbons (Fsp3) is 0.533. The largest absolute Gasteiger partial charge is 0.393 e. The number of nitrogens with one attached hydrogen (secondary N) is 1. The van der Waals surface area contributed by atoms with E-state index < -0.39 is 10.0 Å². The van der Waals surface area contributed by atoms with Gasteiger partial charge in [0.2, 0.25) is 10.0 Å². The minimum absolute atomic E-state index is 0.0200. The Hall–Kier alpha value is -1.44. The van der Waals surface area contributed by atoms with E-state index in [0.717, 1.165) is 6.42 Å². The Morgan fingerprint density at radius 1 is 1.45 bits per heavy atom. The number of carbonyl (C=O) groups is 1. The quantitative estimate of drug-likeness (QED) is 0.747. The predicted molar refractivity (Wildman–Crippen MR) is 82.8 cm³/mol. The van der Waals surface area contributed by atoms with Crippen LogP contribution >= 0.6 is 0 Å². The van der Waals surface area contributed by atoms with Crippen LogP contribution in [0.15, 0.2) is 23.1 Å². The van der Waals surface area contributed by atoms with Crippen LogP contribution in [0.4, 0.5) is 0 Å². The van der Waals surface area contributed by atoms with Crippen LogP contribution in [0.5, 0.6) is 0 Å². The molecule has 0 aliphatic heterocycles. The molecule has 1 atom stereocenters. The zero-order valence-electron chi connectivity index (χ0n) is 12.7. The van der Waals surface area contributed by atoms with Gasteiger partial charge in [0.25, 0.3) is 5.91 Å². The van der Waals surface area contributed by atoms with Crippen LogP contribution in [0.2, 0.25) is 0 Å². The van der Waals surface area contributed by atoms with Gasteiger partial charge in [-0.2, -0.15) is 0 Å². The summed E-state index contributed by atoms with van der Waals surface area (Å²) in [6, 6.07) is 4.25. The highest BCUT2D eigenvalue weighted by Gasteiger charge is 2.34. The number of sulfonamides is 1. The lowest BCUT2D eigenvalue weighted by Crippen LogP contribution is -2.46. The third-order valence-electron chi connectivity index (χ3n) is 4.26. The average Bonchev–Trinajstić information content (AvgIpc) is 2.40. The summed E-state index contributed by atoms with van der Waals surface area (Å²) >= 11 is 0. The van der Waals surface area contributed by atoms with Crippen LogP contribution in [0, 0.1) is 12.8 Å². The summed E-state index contributed by atoms with van der Waals surface area (Å²) in [7, 11) is -3.84. The topological polar surface area (TPSA) is 109 Å². The number of rotatable bonds is 5. The van der Waals surface area contributed by atoms with Gasteiger partial charge < -0.3 is 10.4 Å². The van der Waals surface area contributed by atoms with Crippen LogP contribution in [0.25, 0.3) is 0 Å². The number of carbonyl (C=O) groups excluding carboxylic acids is 1. The molecule has 0 bridgehead atoms. The number of aryl methyl sites for hydroxylation is 1. The van der Waals surface area contributed by atoms with Crippen LogP contribution < -0.4 is 10.5 Å². The maximum Gasteiger partial charge on any atom is 0.251 e. The fourth-order valence-corrected chi connectivity index (χ4v) is 3.32. The van der Waals surface area contributed by atoms with Gasteiger partial charge in [0.1, 0.15) is 0 Å². The minimum Gasteiger partial charge on any atom is -0.393 e. The molecule has 1 saturated carbocycles. The van der Waals surface area contributed by atoms with E-state index in [1.807, 2.05) is 6.92 Å². The highest BCUT2D eigenvalue weighted by Crippen LogP contribution is 2.31. The molecule has 0 radical (unpaired) electrons. The monoisotopic (exact) mass is 326 g/mol. The van der Waals surface area contributed by atoms with Gasteiger partial charge in [-0.15, -0.1) is 0 Å². The molecule has 0 heterocycles.